The van der Waals surface area contributed by atoms with Crippen LogP contribution in [-0.2, 0) is 11.0 Å². The first-order chi connectivity index (χ1) is 15.7. The Bertz CT molecular complexity index is 1060. The molecule has 1 amide bonds. The number of hydrogen-bond donors (Lipinski definition) is 0. The smallest absolute Gasteiger partial charge is 0.417 e. The molecule has 33 heavy (non-hydrogen) atoms. The largest absolute Gasteiger partial charge is 0.493 e. The second-order valence-electron chi connectivity index (χ2n) is 7.79. The van der Waals surface area contributed by atoms with Crippen molar-refractivity contribution < 1.29 is 32.2 Å². The van der Waals surface area contributed by atoms with E-state index in [1.54, 1.807) is 6.07 Å². The monoisotopic (exact) mass is 464 g/mol. The van der Waals surface area contributed by atoms with E-state index in [9.17, 15) is 22.8 Å². The van der Waals surface area contributed by atoms with E-state index in [1.807, 2.05) is 9.80 Å². The van der Waals surface area contributed by atoms with Gasteiger partial charge in [-0.15, -0.1) is 0 Å². The average Bonchev–Trinajstić information content (AvgIpc) is 2.95. The number of aromatic nitrogens is 1. The van der Waals surface area contributed by atoms with Crippen LogP contribution >= 0.6 is 0 Å². The Morgan fingerprint density at radius 2 is 1.73 bits per heavy atom. The number of carbonyl (C=O) groups excluding carboxylic acids is 2. The number of halogens is 3. The van der Waals surface area contributed by atoms with Crippen molar-refractivity contribution in [2.24, 2.45) is 0 Å². The number of anilines is 2. The summed E-state index contributed by atoms with van der Waals surface area (Å²) in [5.74, 6) is 0.0366. The van der Waals surface area contributed by atoms with Gasteiger partial charge in [0.05, 0.1) is 37.7 Å². The van der Waals surface area contributed by atoms with Crippen molar-refractivity contribution in [3.63, 3.8) is 0 Å². The molecular weight excluding hydrogens is 441 g/mol. The molecule has 176 valence electrons. The quantitative estimate of drug-likeness (QED) is 0.630. The van der Waals surface area contributed by atoms with Gasteiger partial charge in [0.15, 0.2) is 11.5 Å². The molecule has 0 N–H and O–H groups in total. The van der Waals surface area contributed by atoms with E-state index < -0.39 is 23.4 Å². The molecule has 4 rings (SSSR count). The number of benzene rings is 1. The molecular formula is C22H23F3N4O4. The maximum Gasteiger partial charge on any atom is 0.417 e. The Hall–Kier alpha value is -3.34. The molecule has 3 heterocycles. The summed E-state index contributed by atoms with van der Waals surface area (Å²) in [5, 5.41) is 0. The SMILES string of the molecule is COc1cc2c(cc1OC)N(CN1CCCN(c3ccc(C(F)(F)F)cn3)CC1)C(=O)C2=O. The number of nitrogens with zero attached hydrogens (tertiary/aromatic N) is 4. The number of ether oxygens (including phenoxy) is 2. The third kappa shape index (κ3) is 4.45. The second-order valence-corrected chi connectivity index (χ2v) is 7.79. The fourth-order valence-electron chi connectivity index (χ4n) is 4.04. The standard InChI is InChI=1S/C22H23F3N4O4/c1-32-17-10-15-16(11-18(17)33-2)29(21(31)20(15)30)13-27-6-3-7-28(9-8-27)19-5-4-14(12-26-19)22(23,24)25/h4-5,10-12H,3,6-9,13H2,1-2H3. The minimum atomic E-state index is -4.43. The lowest BCUT2D eigenvalue weighted by Crippen LogP contribution is -2.42. The lowest BCUT2D eigenvalue weighted by atomic mass is 10.1. The molecule has 8 nitrogen and oxygen atoms in total. The molecule has 0 bridgehead atoms. The van der Waals surface area contributed by atoms with Crippen LogP contribution < -0.4 is 19.3 Å². The molecule has 1 aromatic heterocycles. The lowest BCUT2D eigenvalue weighted by Gasteiger charge is -2.27. The summed E-state index contributed by atoms with van der Waals surface area (Å²) in [4.78, 5) is 34.5. The third-order valence-electron chi connectivity index (χ3n) is 5.81. The van der Waals surface area contributed by atoms with Crippen molar-refractivity contribution in [1.29, 1.82) is 0 Å². The van der Waals surface area contributed by atoms with Gasteiger partial charge in [0.25, 0.3) is 5.78 Å². The van der Waals surface area contributed by atoms with E-state index in [-0.39, 0.29) is 12.2 Å². The predicted molar refractivity (Wildman–Crippen MR) is 114 cm³/mol. The summed E-state index contributed by atoms with van der Waals surface area (Å²) < 4.78 is 48.9. The number of amides is 1. The molecule has 0 saturated carbocycles. The van der Waals surface area contributed by atoms with Gasteiger partial charge in [-0.25, -0.2) is 4.98 Å². The molecule has 0 aliphatic carbocycles. The molecule has 0 spiro atoms. The van der Waals surface area contributed by atoms with Crippen LogP contribution in [-0.4, -0.2) is 68.6 Å². The van der Waals surface area contributed by atoms with E-state index in [4.69, 9.17) is 9.47 Å². The van der Waals surface area contributed by atoms with Crippen LogP contribution in [0.25, 0.3) is 0 Å². The Labute approximate surface area is 188 Å². The third-order valence-corrected chi connectivity index (χ3v) is 5.81. The van der Waals surface area contributed by atoms with Crippen molar-refractivity contribution in [2.45, 2.75) is 12.6 Å². The summed E-state index contributed by atoms with van der Waals surface area (Å²) >= 11 is 0. The maximum atomic E-state index is 12.8. The number of hydrogen-bond acceptors (Lipinski definition) is 7. The van der Waals surface area contributed by atoms with Crippen LogP contribution in [0.3, 0.4) is 0 Å². The van der Waals surface area contributed by atoms with Gasteiger partial charge in [-0.05, 0) is 24.6 Å². The molecule has 2 aromatic rings. The number of alkyl halides is 3. The van der Waals surface area contributed by atoms with E-state index in [1.165, 1.54) is 31.3 Å². The molecule has 0 unspecified atom stereocenters. The highest BCUT2D eigenvalue weighted by atomic mass is 19.4. The number of Topliss-reactive ketones (excluding diaryl/α,β-unsaturated/α-hetero) is 1. The first-order valence-electron chi connectivity index (χ1n) is 10.4. The summed E-state index contributed by atoms with van der Waals surface area (Å²) in [7, 11) is 2.93. The van der Waals surface area contributed by atoms with Crippen LogP contribution in [0.15, 0.2) is 30.5 Å². The van der Waals surface area contributed by atoms with Gasteiger partial charge in [-0.2, -0.15) is 13.2 Å². The van der Waals surface area contributed by atoms with Crippen molar-refractivity contribution in [3.8, 4) is 11.5 Å². The number of carbonyl (C=O) groups is 2. The van der Waals surface area contributed by atoms with Crippen molar-refractivity contribution >= 4 is 23.2 Å². The Kier molecular flexibility index (Phi) is 6.15. The van der Waals surface area contributed by atoms with Gasteiger partial charge in [0.1, 0.15) is 5.82 Å². The summed E-state index contributed by atoms with van der Waals surface area (Å²) in [6, 6.07) is 5.53. The van der Waals surface area contributed by atoms with Crippen molar-refractivity contribution in [1.82, 2.24) is 9.88 Å². The zero-order chi connectivity index (χ0) is 23.8. The minimum Gasteiger partial charge on any atom is -0.493 e. The predicted octanol–water partition coefficient (Wildman–Crippen LogP) is 2.82. The highest BCUT2D eigenvalue weighted by Crippen LogP contribution is 2.39. The van der Waals surface area contributed by atoms with Crippen LogP contribution in [0.5, 0.6) is 11.5 Å². The fourth-order valence-corrected chi connectivity index (χ4v) is 4.04. The molecule has 1 fully saturated rings. The Balaban J connectivity index is 1.47. The minimum absolute atomic E-state index is 0.210. The maximum absolute atomic E-state index is 12.8. The zero-order valence-corrected chi connectivity index (χ0v) is 18.2. The van der Waals surface area contributed by atoms with Gasteiger partial charge in [0.2, 0.25) is 0 Å². The first-order valence-corrected chi connectivity index (χ1v) is 10.4. The number of methoxy groups -OCH3 is 2. The summed E-state index contributed by atoms with van der Waals surface area (Å²) in [6.45, 7) is 2.54. The van der Waals surface area contributed by atoms with Crippen molar-refractivity contribution in [2.75, 3.05) is 56.9 Å². The van der Waals surface area contributed by atoms with Gasteiger partial charge >= 0.3 is 12.1 Å². The molecule has 2 aliphatic rings. The van der Waals surface area contributed by atoms with Crippen molar-refractivity contribution in [3.05, 3.63) is 41.6 Å². The topological polar surface area (TPSA) is 75.2 Å². The summed E-state index contributed by atoms with van der Waals surface area (Å²) in [6.07, 6.45) is -2.87. The normalized spacial score (nSPS) is 17.2. The second kappa shape index (κ2) is 8.89. The number of ketones is 1. The Morgan fingerprint density at radius 1 is 1.00 bits per heavy atom. The van der Waals surface area contributed by atoms with E-state index in [2.05, 4.69) is 4.98 Å². The van der Waals surface area contributed by atoms with Crippen LogP contribution in [0.2, 0.25) is 0 Å². The average molecular weight is 464 g/mol. The van der Waals surface area contributed by atoms with Gasteiger partial charge < -0.3 is 14.4 Å². The number of pyridine rings is 1. The number of fused-ring (bicyclic) bond motifs is 1. The van der Waals surface area contributed by atoms with E-state index >= 15 is 0 Å². The van der Waals surface area contributed by atoms with Crippen LogP contribution in [0.4, 0.5) is 24.7 Å². The first kappa shape index (κ1) is 22.8. The van der Waals surface area contributed by atoms with Gasteiger partial charge in [-0.1, -0.05) is 0 Å². The highest BCUT2D eigenvalue weighted by Gasteiger charge is 2.38. The molecule has 11 heteroatoms. The van der Waals surface area contributed by atoms with Crippen LogP contribution in [0, 0.1) is 0 Å². The van der Waals surface area contributed by atoms with E-state index in [0.29, 0.717) is 49.2 Å². The molecule has 0 radical (unpaired) electrons. The van der Waals surface area contributed by atoms with Gasteiger partial charge in [0, 0.05) is 38.4 Å². The fraction of sp³-hybridized carbons (Fsp3) is 0.409. The molecule has 1 saturated heterocycles. The zero-order valence-electron chi connectivity index (χ0n) is 18.2. The molecule has 2 aliphatic heterocycles. The molecule has 0 atom stereocenters. The number of rotatable bonds is 5. The van der Waals surface area contributed by atoms with Crippen LogP contribution in [0.1, 0.15) is 22.3 Å². The van der Waals surface area contributed by atoms with E-state index in [0.717, 1.165) is 18.7 Å². The summed E-state index contributed by atoms with van der Waals surface area (Å²) in [5.41, 5.74) is -0.0538. The highest BCUT2D eigenvalue weighted by molar-refractivity contribution is 6.52. The Morgan fingerprint density at radius 3 is 2.36 bits per heavy atom. The molecule has 1 aromatic carbocycles. The van der Waals surface area contributed by atoms with Gasteiger partial charge in [-0.3, -0.25) is 19.4 Å². The lowest BCUT2D eigenvalue weighted by molar-refractivity contribution is -0.137.